The number of rotatable bonds is 6. The third kappa shape index (κ3) is 3.80. The van der Waals surface area contributed by atoms with E-state index in [9.17, 15) is 4.39 Å². The molecule has 1 N–H and O–H groups in total. The Morgan fingerprint density at radius 2 is 2.19 bits per heavy atom. The predicted molar refractivity (Wildman–Crippen MR) is 67.3 cm³/mol. The lowest BCUT2D eigenvalue weighted by Crippen LogP contribution is -2.15. The first-order chi connectivity index (χ1) is 7.78. The lowest BCUT2D eigenvalue weighted by molar-refractivity contribution is 0.615. The number of hydrogen-bond donors (Lipinski definition) is 1. The lowest BCUT2D eigenvalue weighted by Gasteiger charge is -2.06. The zero-order chi connectivity index (χ0) is 11.4. The van der Waals surface area contributed by atoms with Gasteiger partial charge in [-0.25, -0.2) is 4.39 Å². The summed E-state index contributed by atoms with van der Waals surface area (Å²) in [5.74, 6) is 0.938. The highest BCUT2D eigenvalue weighted by atomic mass is 32.2. The Bertz CT molecular complexity index is 350. The molecule has 0 unspecified atom stereocenters. The van der Waals surface area contributed by atoms with Crippen molar-refractivity contribution in [2.24, 2.45) is 0 Å². The Hall–Kier alpha value is -0.540. The highest BCUT2D eigenvalue weighted by Crippen LogP contribution is 2.23. The van der Waals surface area contributed by atoms with Crippen molar-refractivity contribution in [1.82, 2.24) is 5.32 Å². The molecule has 88 valence electrons. The molecule has 0 bridgehead atoms. The van der Waals surface area contributed by atoms with Gasteiger partial charge in [-0.2, -0.15) is 0 Å². The van der Waals surface area contributed by atoms with E-state index < -0.39 is 0 Å². The summed E-state index contributed by atoms with van der Waals surface area (Å²) in [6.45, 7) is 2.93. The van der Waals surface area contributed by atoms with Crippen LogP contribution in [0.1, 0.15) is 31.7 Å². The second kappa shape index (κ2) is 5.69. The van der Waals surface area contributed by atoms with Crippen LogP contribution in [0.25, 0.3) is 0 Å². The van der Waals surface area contributed by atoms with E-state index in [1.54, 1.807) is 23.9 Å². The number of nitrogens with one attached hydrogen (secondary N) is 1. The van der Waals surface area contributed by atoms with Crippen LogP contribution in [0.3, 0.4) is 0 Å². The maximum absolute atomic E-state index is 13.4. The molecule has 1 saturated carbocycles. The van der Waals surface area contributed by atoms with Gasteiger partial charge in [0.2, 0.25) is 0 Å². The van der Waals surface area contributed by atoms with E-state index in [4.69, 9.17) is 0 Å². The molecule has 0 radical (unpaired) electrons. The fourth-order valence-electron chi connectivity index (χ4n) is 1.58. The Labute approximate surface area is 101 Å². The first kappa shape index (κ1) is 11.9. The van der Waals surface area contributed by atoms with E-state index in [0.29, 0.717) is 6.04 Å². The molecule has 0 atom stereocenters. The van der Waals surface area contributed by atoms with E-state index in [-0.39, 0.29) is 5.82 Å². The standard InChI is InChI=1S/C13H18FNS/c1-2-5-16-13-7-10(6-11(14)8-13)9-15-12-3-4-12/h6-8,12,15H,2-5,9H2,1H3. The fourth-order valence-corrected chi connectivity index (χ4v) is 2.45. The summed E-state index contributed by atoms with van der Waals surface area (Å²) < 4.78 is 13.4. The minimum atomic E-state index is -0.117. The van der Waals surface area contributed by atoms with Gasteiger partial charge in [0.05, 0.1) is 0 Å². The molecule has 1 nitrogen and oxygen atoms in total. The van der Waals surface area contributed by atoms with Gasteiger partial charge in [-0.15, -0.1) is 11.8 Å². The number of thioether (sulfide) groups is 1. The number of benzene rings is 1. The monoisotopic (exact) mass is 239 g/mol. The Balaban J connectivity index is 1.96. The predicted octanol–water partition coefficient (Wildman–Crippen LogP) is 3.58. The molecular formula is C13H18FNS. The average Bonchev–Trinajstić information content (AvgIpc) is 3.07. The van der Waals surface area contributed by atoms with Gasteiger partial charge in [0.15, 0.2) is 0 Å². The number of halogens is 1. The molecule has 1 aliphatic rings. The second-order valence-corrected chi connectivity index (χ2v) is 5.47. The molecule has 3 heteroatoms. The normalized spacial score (nSPS) is 15.4. The second-order valence-electron chi connectivity index (χ2n) is 4.30. The Kier molecular flexibility index (Phi) is 4.24. The summed E-state index contributed by atoms with van der Waals surface area (Å²) in [5, 5.41) is 3.41. The Morgan fingerprint density at radius 1 is 1.38 bits per heavy atom. The van der Waals surface area contributed by atoms with Crippen molar-refractivity contribution in [2.45, 2.75) is 43.7 Å². The SMILES string of the molecule is CCCSc1cc(F)cc(CNC2CC2)c1. The molecule has 1 fully saturated rings. The topological polar surface area (TPSA) is 12.0 Å². The van der Waals surface area contributed by atoms with E-state index >= 15 is 0 Å². The van der Waals surface area contributed by atoms with Gasteiger partial charge in [0.25, 0.3) is 0 Å². The summed E-state index contributed by atoms with van der Waals surface area (Å²) in [6, 6.07) is 6.03. The Morgan fingerprint density at radius 3 is 2.88 bits per heavy atom. The largest absolute Gasteiger partial charge is 0.310 e. The average molecular weight is 239 g/mol. The molecule has 2 rings (SSSR count). The molecule has 0 spiro atoms. The van der Waals surface area contributed by atoms with Gasteiger partial charge in [-0.1, -0.05) is 6.92 Å². The lowest BCUT2D eigenvalue weighted by atomic mass is 10.2. The minimum Gasteiger partial charge on any atom is -0.310 e. The number of hydrogen-bond acceptors (Lipinski definition) is 2. The van der Waals surface area contributed by atoms with E-state index in [2.05, 4.69) is 18.3 Å². The smallest absolute Gasteiger partial charge is 0.124 e. The van der Waals surface area contributed by atoms with Crippen molar-refractivity contribution < 1.29 is 4.39 Å². The minimum absolute atomic E-state index is 0.117. The van der Waals surface area contributed by atoms with Crippen LogP contribution in [-0.4, -0.2) is 11.8 Å². The third-order valence-electron chi connectivity index (χ3n) is 2.58. The van der Waals surface area contributed by atoms with E-state index in [1.165, 1.54) is 12.8 Å². The van der Waals surface area contributed by atoms with Gasteiger partial charge in [-0.3, -0.25) is 0 Å². The van der Waals surface area contributed by atoms with Gasteiger partial charge >= 0.3 is 0 Å². The van der Waals surface area contributed by atoms with Crippen LogP contribution in [0.5, 0.6) is 0 Å². The summed E-state index contributed by atoms with van der Waals surface area (Å²) in [6.07, 6.45) is 3.66. The maximum atomic E-state index is 13.4. The summed E-state index contributed by atoms with van der Waals surface area (Å²) in [5.41, 5.74) is 1.06. The van der Waals surface area contributed by atoms with Crippen molar-refractivity contribution in [3.8, 4) is 0 Å². The summed E-state index contributed by atoms with van der Waals surface area (Å²) in [4.78, 5) is 1.05. The molecule has 1 aromatic carbocycles. The molecule has 1 aromatic rings. The maximum Gasteiger partial charge on any atom is 0.124 e. The van der Waals surface area contributed by atoms with Crippen LogP contribution >= 0.6 is 11.8 Å². The van der Waals surface area contributed by atoms with Crippen molar-refractivity contribution in [2.75, 3.05) is 5.75 Å². The highest BCUT2D eigenvalue weighted by molar-refractivity contribution is 7.99. The molecule has 0 amide bonds. The summed E-state index contributed by atoms with van der Waals surface area (Å²) >= 11 is 1.73. The molecule has 0 heterocycles. The van der Waals surface area contributed by atoms with Crippen LogP contribution in [0.2, 0.25) is 0 Å². The molecule has 16 heavy (non-hydrogen) atoms. The molecule has 0 saturated heterocycles. The van der Waals surface area contributed by atoms with Crippen LogP contribution in [0, 0.1) is 5.82 Å². The first-order valence-electron chi connectivity index (χ1n) is 5.93. The third-order valence-corrected chi connectivity index (χ3v) is 3.76. The van der Waals surface area contributed by atoms with Gasteiger partial charge < -0.3 is 5.32 Å². The quantitative estimate of drug-likeness (QED) is 0.761. The van der Waals surface area contributed by atoms with E-state index in [1.807, 2.05) is 0 Å². The highest BCUT2D eigenvalue weighted by Gasteiger charge is 2.20. The first-order valence-corrected chi connectivity index (χ1v) is 6.92. The van der Waals surface area contributed by atoms with Gasteiger partial charge in [0, 0.05) is 17.5 Å². The van der Waals surface area contributed by atoms with Crippen LogP contribution in [0.4, 0.5) is 4.39 Å². The van der Waals surface area contributed by atoms with Gasteiger partial charge in [0.1, 0.15) is 5.82 Å². The molecular weight excluding hydrogens is 221 g/mol. The molecule has 0 aliphatic heterocycles. The van der Waals surface area contributed by atoms with Gasteiger partial charge in [-0.05, 0) is 48.8 Å². The van der Waals surface area contributed by atoms with Crippen molar-refractivity contribution in [1.29, 1.82) is 0 Å². The zero-order valence-electron chi connectivity index (χ0n) is 9.63. The van der Waals surface area contributed by atoms with E-state index in [0.717, 1.165) is 29.2 Å². The fraction of sp³-hybridized carbons (Fsp3) is 0.538. The molecule has 0 aromatic heterocycles. The van der Waals surface area contributed by atoms with Crippen LogP contribution < -0.4 is 5.32 Å². The molecule has 1 aliphatic carbocycles. The summed E-state index contributed by atoms with van der Waals surface area (Å²) in [7, 11) is 0. The van der Waals surface area contributed by atoms with Crippen LogP contribution in [-0.2, 0) is 6.54 Å². The van der Waals surface area contributed by atoms with Crippen molar-refractivity contribution in [3.05, 3.63) is 29.6 Å². The van der Waals surface area contributed by atoms with Crippen molar-refractivity contribution >= 4 is 11.8 Å². The van der Waals surface area contributed by atoms with Crippen LogP contribution in [0.15, 0.2) is 23.1 Å². The zero-order valence-corrected chi connectivity index (χ0v) is 10.4. The van der Waals surface area contributed by atoms with Crippen molar-refractivity contribution in [3.63, 3.8) is 0 Å².